The van der Waals surface area contributed by atoms with Gasteiger partial charge >= 0.3 is 0 Å². The van der Waals surface area contributed by atoms with Gasteiger partial charge in [0.15, 0.2) is 0 Å². The van der Waals surface area contributed by atoms with E-state index in [-0.39, 0.29) is 0 Å². The zero-order valence-electron chi connectivity index (χ0n) is 26.4. The molecule has 2 N–H and O–H groups in total. The van der Waals surface area contributed by atoms with Crippen LogP contribution in [-0.2, 0) is 22.3 Å². The average molecular weight is 583 g/mol. The number of hydrogen-bond acceptors (Lipinski definition) is 5. The van der Waals surface area contributed by atoms with Crippen molar-refractivity contribution in [2.75, 3.05) is 34.0 Å². The first-order valence-corrected chi connectivity index (χ1v) is 15.9. The monoisotopic (exact) mass is 582 g/mol. The van der Waals surface area contributed by atoms with Crippen molar-refractivity contribution in [2.45, 2.75) is 72.1 Å². The van der Waals surface area contributed by atoms with E-state index in [0.29, 0.717) is 19.8 Å². The van der Waals surface area contributed by atoms with Gasteiger partial charge in [-0.3, -0.25) is 0 Å². The van der Waals surface area contributed by atoms with Crippen molar-refractivity contribution in [3.8, 4) is 5.75 Å². The number of aromatic amines is 2. The molecule has 0 amide bonds. The van der Waals surface area contributed by atoms with Crippen LogP contribution in [0.25, 0.3) is 45.4 Å². The van der Waals surface area contributed by atoms with Crippen LogP contribution in [0, 0.1) is 0 Å². The van der Waals surface area contributed by atoms with Crippen molar-refractivity contribution < 1.29 is 14.2 Å². The van der Waals surface area contributed by atoms with Crippen molar-refractivity contribution in [1.82, 2.24) is 19.9 Å². The van der Waals surface area contributed by atoms with Gasteiger partial charge in [0.2, 0.25) is 0 Å². The largest absolute Gasteiger partial charge is 0.491 e. The zero-order valence-corrected chi connectivity index (χ0v) is 26.4. The topological polar surface area (TPSA) is 85.0 Å². The molecule has 0 aliphatic carbocycles. The average Bonchev–Trinajstić information content (AvgIpc) is 3.81. The summed E-state index contributed by atoms with van der Waals surface area (Å²) in [6.45, 7) is 8.50. The Balaban J connectivity index is 1.80. The minimum absolute atomic E-state index is 0.608. The van der Waals surface area contributed by atoms with Gasteiger partial charge in [0, 0.05) is 31.3 Å². The molecule has 8 bridgehead atoms. The summed E-state index contributed by atoms with van der Waals surface area (Å²) in [6, 6.07) is 10.8. The van der Waals surface area contributed by atoms with E-state index < -0.39 is 0 Å². The van der Waals surface area contributed by atoms with Crippen LogP contribution in [-0.4, -0.2) is 54.0 Å². The Morgan fingerprint density at radius 2 is 1.37 bits per heavy atom. The lowest BCUT2D eigenvalue weighted by Gasteiger charge is -2.10. The maximum Gasteiger partial charge on any atom is 0.147 e. The number of aryl methyl sites for hydroxylation is 1. The molecule has 0 aromatic carbocycles. The Morgan fingerprint density at radius 3 is 2.12 bits per heavy atom. The highest BCUT2D eigenvalue weighted by Gasteiger charge is 2.19. The first-order valence-electron chi connectivity index (χ1n) is 15.9. The normalized spacial score (nSPS) is 12.9. The summed E-state index contributed by atoms with van der Waals surface area (Å²) in [5.41, 5.74) is 12.6. The number of hydrogen-bond donors (Lipinski definition) is 2. The fourth-order valence-electron chi connectivity index (χ4n) is 5.72. The molecule has 43 heavy (non-hydrogen) atoms. The zero-order chi connectivity index (χ0) is 30.2. The van der Waals surface area contributed by atoms with E-state index in [1.54, 1.807) is 14.2 Å². The molecule has 2 aliphatic rings. The molecule has 7 heteroatoms. The lowest BCUT2D eigenvalue weighted by Crippen LogP contribution is -2.01. The van der Waals surface area contributed by atoms with Crippen molar-refractivity contribution in [1.29, 1.82) is 0 Å². The molecule has 0 radical (unpaired) electrons. The van der Waals surface area contributed by atoms with Gasteiger partial charge < -0.3 is 24.2 Å². The summed E-state index contributed by atoms with van der Waals surface area (Å²) >= 11 is 0. The molecule has 0 unspecified atom stereocenters. The number of H-pyrrole nitrogens is 2. The number of methoxy groups -OCH3 is 2. The second-order valence-corrected chi connectivity index (χ2v) is 11.3. The molecule has 0 fully saturated rings. The summed E-state index contributed by atoms with van der Waals surface area (Å²) in [6.07, 6.45) is 12.3. The van der Waals surface area contributed by atoms with Gasteiger partial charge in [-0.15, -0.1) is 0 Å². The number of unbranched alkanes of at least 4 members (excludes halogenated alkanes) is 3. The molecule has 7 nitrogen and oxygen atoms in total. The summed E-state index contributed by atoms with van der Waals surface area (Å²) in [5, 5.41) is 0. The Hall–Kier alpha value is -3.68. The maximum atomic E-state index is 6.58. The van der Waals surface area contributed by atoms with Gasteiger partial charge in [0.25, 0.3) is 0 Å². The summed E-state index contributed by atoms with van der Waals surface area (Å²) in [5.74, 6) is 0.792. The molecule has 0 atom stereocenters. The standard InChI is InChI=1S/C36H46N4O3/c1-6-9-10-11-16-43-35-23-30-25(8-3)20-32(39-30)31-19-24(7-2)28(37-31)12-13-29-26(14-17-41-4)21-33(38-29)34-22-27(15-18-42-5)36(35)40-34/h12-13,19-23,38-39H,6-11,14-18H2,1-5H3. The molecule has 5 rings (SSSR count). The predicted molar refractivity (Wildman–Crippen MR) is 178 cm³/mol. The minimum Gasteiger partial charge on any atom is -0.491 e. The number of nitrogens with zero attached hydrogens (tertiary/aromatic N) is 2. The molecule has 0 saturated heterocycles. The highest BCUT2D eigenvalue weighted by Crippen LogP contribution is 2.35. The van der Waals surface area contributed by atoms with Crippen LogP contribution in [0.2, 0.25) is 0 Å². The van der Waals surface area contributed by atoms with Crippen molar-refractivity contribution in [3.05, 3.63) is 64.2 Å². The Kier molecular flexibility index (Phi) is 10.5. The Labute approximate surface area is 255 Å². The van der Waals surface area contributed by atoms with Gasteiger partial charge in [-0.1, -0.05) is 40.0 Å². The lowest BCUT2D eigenvalue weighted by atomic mass is 10.1. The molecule has 0 saturated carbocycles. The summed E-state index contributed by atoms with van der Waals surface area (Å²) in [4.78, 5) is 17.6. The van der Waals surface area contributed by atoms with E-state index >= 15 is 0 Å². The highest BCUT2D eigenvalue weighted by molar-refractivity contribution is 5.91. The quantitative estimate of drug-likeness (QED) is 0.186. The fourth-order valence-corrected chi connectivity index (χ4v) is 5.72. The molecule has 5 heterocycles. The minimum atomic E-state index is 0.608. The van der Waals surface area contributed by atoms with Crippen molar-refractivity contribution >= 4 is 45.4 Å². The van der Waals surface area contributed by atoms with Gasteiger partial charge in [0.1, 0.15) is 11.4 Å². The number of rotatable bonds is 14. The number of ether oxygens (including phenoxy) is 3. The smallest absolute Gasteiger partial charge is 0.147 e. The van der Waals surface area contributed by atoms with Crippen LogP contribution >= 0.6 is 0 Å². The summed E-state index contributed by atoms with van der Waals surface area (Å²) < 4.78 is 17.5. The lowest BCUT2D eigenvalue weighted by molar-refractivity contribution is 0.202. The van der Waals surface area contributed by atoms with E-state index in [0.717, 1.165) is 94.7 Å². The number of allylic oxidation sites excluding steroid dienone is 1. The third-order valence-corrected chi connectivity index (χ3v) is 8.23. The second-order valence-electron chi connectivity index (χ2n) is 11.3. The third kappa shape index (κ3) is 7.11. The fraction of sp³-hybridized carbons (Fsp3) is 0.444. The summed E-state index contributed by atoms with van der Waals surface area (Å²) in [7, 11) is 3.48. The first-order chi connectivity index (χ1) is 21.1. The van der Waals surface area contributed by atoms with Crippen LogP contribution in [0.3, 0.4) is 0 Å². The van der Waals surface area contributed by atoms with E-state index in [1.165, 1.54) is 29.5 Å². The molecule has 2 aliphatic heterocycles. The maximum absolute atomic E-state index is 6.58. The predicted octanol–water partition coefficient (Wildman–Crippen LogP) is 8.55. The Bertz CT molecular complexity index is 1640. The van der Waals surface area contributed by atoms with Gasteiger partial charge in [-0.2, -0.15) is 0 Å². The molecule has 0 spiro atoms. The molecular formula is C36H46N4O3. The van der Waals surface area contributed by atoms with Crippen LogP contribution in [0.4, 0.5) is 0 Å². The van der Waals surface area contributed by atoms with Crippen LogP contribution < -0.4 is 4.74 Å². The molecule has 3 aromatic heterocycles. The number of aromatic nitrogens is 4. The number of fused-ring (bicyclic) bond motifs is 10. The molecule has 228 valence electrons. The van der Waals surface area contributed by atoms with Crippen LogP contribution in [0.1, 0.15) is 93.2 Å². The van der Waals surface area contributed by atoms with E-state index in [1.807, 2.05) is 0 Å². The van der Waals surface area contributed by atoms with E-state index in [4.69, 9.17) is 24.2 Å². The SMILES string of the molecule is CCCCCCOc1cc2[nH]c(cc2CC)c2nc(ccc3[nH]c(cc3CCOC)c3nc1C(CCOC)=C3)C(CC)=C2. The van der Waals surface area contributed by atoms with Crippen LogP contribution in [0.15, 0.2) is 30.3 Å². The van der Waals surface area contributed by atoms with E-state index in [2.05, 4.69) is 73.2 Å². The first kappa shape index (κ1) is 30.8. The second kappa shape index (κ2) is 14.7. The van der Waals surface area contributed by atoms with E-state index in [9.17, 15) is 0 Å². The van der Waals surface area contributed by atoms with Crippen molar-refractivity contribution in [2.24, 2.45) is 0 Å². The molecule has 3 aromatic rings. The van der Waals surface area contributed by atoms with Crippen molar-refractivity contribution in [3.63, 3.8) is 0 Å². The third-order valence-electron chi connectivity index (χ3n) is 8.23. The van der Waals surface area contributed by atoms with Gasteiger partial charge in [0.05, 0.1) is 47.9 Å². The van der Waals surface area contributed by atoms with Gasteiger partial charge in [-0.05, 0) is 90.8 Å². The van der Waals surface area contributed by atoms with Crippen LogP contribution in [0.5, 0.6) is 5.75 Å². The molecular weight excluding hydrogens is 536 g/mol. The highest BCUT2D eigenvalue weighted by atomic mass is 16.5. The Morgan fingerprint density at radius 1 is 0.651 bits per heavy atom. The van der Waals surface area contributed by atoms with Gasteiger partial charge in [-0.25, -0.2) is 9.97 Å². The number of nitrogens with one attached hydrogen (secondary N) is 2.